The maximum Gasteiger partial charge on any atom is 0.0359 e. The van der Waals surface area contributed by atoms with Crippen LogP contribution in [0.2, 0.25) is 0 Å². The highest BCUT2D eigenvalue weighted by Crippen LogP contribution is 2.23. The van der Waals surface area contributed by atoms with Crippen molar-refractivity contribution >= 4 is 17.1 Å². The Morgan fingerprint density at radius 1 is 0.593 bits per heavy atom. The van der Waals surface area contributed by atoms with Crippen LogP contribution in [-0.2, 0) is 19.6 Å². The summed E-state index contributed by atoms with van der Waals surface area (Å²) < 4.78 is 0. The molecule has 0 aliphatic carbocycles. The molecular formula is C23H28N4. The molecule has 0 saturated carbocycles. The second-order valence-electron chi connectivity index (χ2n) is 7.25. The van der Waals surface area contributed by atoms with Crippen LogP contribution < -0.4 is 17.2 Å². The van der Waals surface area contributed by atoms with E-state index in [4.69, 9.17) is 17.2 Å². The van der Waals surface area contributed by atoms with Crippen LogP contribution in [0.5, 0.6) is 0 Å². The van der Waals surface area contributed by atoms with Crippen LogP contribution in [0.15, 0.2) is 60.7 Å². The number of anilines is 3. The first-order chi connectivity index (χ1) is 12.9. The predicted octanol–water partition coefficient (Wildman–Crippen LogP) is 4.25. The number of para-hydroxylation sites is 1. The van der Waals surface area contributed by atoms with E-state index in [0.717, 1.165) is 53.4 Å². The summed E-state index contributed by atoms with van der Waals surface area (Å²) in [6.07, 6.45) is 0. The molecule has 0 heterocycles. The molecule has 27 heavy (non-hydrogen) atoms. The van der Waals surface area contributed by atoms with Gasteiger partial charge in [0.2, 0.25) is 0 Å². The first-order valence-corrected chi connectivity index (χ1v) is 9.18. The van der Waals surface area contributed by atoms with E-state index >= 15 is 0 Å². The molecule has 0 radical (unpaired) electrons. The third-order valence-electron chi connectivity index (χ3n) is 4.83. The highest BCUT2D eigenvalue weighted by Gasteiger charge is 2.13. The molecule has 0 amide bonds. The molecule has 6 N–H and O–H groups in total. The monoisotopic (exact) mass is 360 g/mol. The van der Waals surface area contributed by atoms with Gasteiger partial charge >= 0.3 is 0 Å². The molecule has 3 rings (SSSR count). The van der Waals surface area contributed by atoms with Crippen molar-refractivity contribution in [2.75, 3.05) is 17.2 Å². The highest BCUT2D eigenvalue weighted by atomic mass is 15.1. The first-order valence-electron chi connectivity index (χ1n) is 9.18. The van der Waals surface area contributed by atoms with Crippen molar-refractivity contribution in [3.63, 3.8) is 0 Å². The molecule has 4 nitrogen and oxygen atoms in total. The second-order valence-corrected chi connectivity index (χ2v) is 7.25. The van der Waals surface area contributed by atoms with E-state index in [1.807, 2.05) is 42.5 Å². The Morgan fingerprint density at radius 3 is 1.56 bits per heavy atom. The third-order valence-corrected chi connectivity index (χ3v) is 4.83. The van der Waals surface area contributed by atoms with Gasteiger partial charge in [-0.15, -0.1) is 0 Å². The Labute approximate surface area is 161 Å². The Kier molecular flexibility index (Phi) is 5.67. The van der Waals surface area contributed by atoms with Crippen molar-refractivity contribution in [2.45, 2.75) is 33.5 Å². The van der Waals surface area contributed by atoms with Gasteiger partial charge in [0.25, 0.3) is 0 Å². The number of hydrogen-bond donors (Lipinski definition) is 3. The molecule has 140 valence electrons. The Balaban J connectivity index is 1.91. The molecular weight excluding hydrogens is 332 g/mol. The Morgan fingerprint density at radius 2 is 1.04 bits per heavy atom. The van der Waals surface area contributed by atoms with Crippen molar-refractivity contribution in [2.24, 2.45) is 0 Å². The molecule has 0 bridgehead atoms. The molecule has 0 saturated heterocycles. The fraction of sp³-hybridized carbons (Fsp3) is 0.217. The van der Waals surface area contributed by atoms with Gasteiger partial charge in [-0.25, -0.2) is 0 Å². The average molecular weight is 361 g/mol. The van der Waals surface area contributed by atoms with Crippen LogP contribution in [0.25, 0.3) is 0 Å². The van der Waals surface area contributed by atoms with Gasteiger partial charge in [-0.05, 0) is 48.7 Å². The molecule has 3 aromatic rings. The van der Waals surface area contributed by atoms with E-state index in [9.17, 15) is 0 Å². The molecule has 0 fully saturated rings. The fourth-order valence-corrected chi connectivity index (χ4v) is 3.31. The smallest absolute Gasteiger partial charge is 0.0359 e. The standard InChI is InChI=1S/C23H28N4/c1-16-7-9-22(25)19(11-16)14-27(13-18-5-3-4-6-21(18)24)15-20-12-17(2)8-10-23(20)26/h3-12H,13-15,24-26H2,1-2H3. The minimum atomic E-state index is 0.730. The van der Waals surface area contributed by atoms with Crippen LogP contribution >= 0.6 is 0 Å². The van der Waals surface area contributed by atoms with Crippen molar-refractivity contribution in [3.8, 4) is 0 Å². The van der Waals surface area contributed by atoms with Gasteiger partial charge in [0, 0.05) is 36.7 Å². The zero-order chi connectivity index (χ0) is 19.4. The van der Waals surface area contributed by atoms with Crippen LogP contribution in [0.4, 0.5) is 17.1 Å². The van der Waals surface area contributed by atoms with Crippen LogP contribution in [0, 0.1) is 13.8 Å². The van der Waals surface area contributed by atoms with Gasteiger partial charge in [0.15, 0.2) is 0 Å². The number of aryl methyl sites for hydroxylation is 2. The number of rotatable bonds is 6. The van der Waals surface area contributed by atoms with Gasteiger partial charge in [0.05, 0.1) is 0 Å². The average Bonchev–Trinajstić information content (AvgIpc) is 2.63. The van der Waals surface area contributed by atoms with Crippen LogP contribution in [-0.4, -0.2) is 4.90 Å². The Bertz CT molecular complexity index is 880. The number of hydrogen-bond acceptors (Lipinski definition) is 4. The lowest BCUT2D eigenvalue weighted by molar-refractivity contribution is 0.249. The summed E-state index contributed by atoms with van der Waals surface area (Å²) in [5.74, 6) is 0. The topological polar surface area (TPSA) is 81.3 Å². The summed E-state index contributed by atoms with van der Waals surface area (Å²) in [6, 6.07) is 20.3. The van der Waals surface area contributed by atoms with Crippen molar-refractivity contribution in [3.05, 3.63) is 88.5 Å². The summed E-state index contributed by atoms with van der Waals surface area (Å²) in [6.45, 7) is 6.36. The third kappa shape index (κ3) is 4.80. The normalized spacial score (nSPS) is 11.1. The summed E-state index contributed by atoms with van der Waals surface area (Å²) in [7, 11) is 0. The van der Waals surface area contributed by atoms with Gasteiger partial charge in [-0.3, -0.25) is 4.90 Å². The number of nitrogens with zero attached hydrogens (tertiary/aromatic N) is 1. The maximum atomic E-state index is 6.23. The highest BCUT2D eigenvalue weighted by molar-refractivity contribution is 5.51. The van der Waals surface area contributed by atoms with E-state index in [1.54, 1.807) is 0 Å². The Hall–Kier alpha value is -2.98. The zero-order valence-electron chi connectivity index (χ0n) is 16.1. The van der Waals surface area contributed by atoms with E-state index in [-0.39, 0.29) is 0 Å². The van der Waals surface area contributed by atoms with Crippen LogP contribution in [0.1, 0.15) is 27.8 Å². The quantitative estimate of drug-likeness (QED) is 0.574. The first kappa shape index (κ1) is 18.8. The summed E-state index contributed by atoms with van der Waals surface area (Å²) in [5, 5.41) is 0. The van der Waals surface area contributed by atoms with E-state index < -0.39 is 0 Å². The lowest BCUT2D eigenvalue weighted by Crippen LogP contribution is -2.24. The van der Waals surface area contributed by atoms with Crippen LogP contribution in [0.3, 0.4) is 0 Å². The zero-order valence-corrected chi connectivity index (χ0v) is 16.1. The molecule has 0 aliphatic heterocycles. The lowest BCUT2D eigenvalue weighted by atomic mass is 10.1. The minimum Gasteiger partial charge on any atom is -0.398 e. The summed E-state index contributed by atoms with van der Waals surface area (Å²) >= 11 is 0. The summed E-state index contributed by atoms with van der Waals surface area (Å²) in [5.41, 5.74) is 26.8. The molecule has 0 unspecified atom stereocenters. The molecule has 0 spiro atoms. The largest absolute Gasteiger partial charge is 0.398 e. The SMILES string of the molecule is Cc1ccc(N)c(CN(Cc2ccccc2N)Cc2cc(C)ccc2N)c1. The minimum absolute atomic E-state index is 0.730. The number of nitrogen functional groups attached to an aromatic ring is 3. The molecule has 0 aliphatic rings. The predicted molar refractivity (Wildman–Crippen MR) is 115 cm³/mol. The van der Waals surface area contributed by atoms with Gasteiger partial charge in [0.1, 0.15) is 0 Å². The van der Waals surface area contributed by atoms with Gasteiger partial charge in [-0.1, -0.05) is 53.6 Å². The number of nitrogens with two attached hydrogens (primary N) is 3. The van der Waals surface area contributed by atoms with Crippen molar-refractivity contribution in [1.29, 1.82) is 0 Å². The molecule has 0 atom stereocenters. The number of benzene rings is 3. The second kappa shape index (κ2) is 8.14. The van der Waals surface area contributed by atoms with E-state index in [0.29, 0.717) is 0 Å². The van der Waals surface area contributed by atoms with E-state index in [2.05, 4.69) is 36.9 Å². The maximum absolute atomic E-state index is 6.23. The van der Waals surface area contributed by atoms with Gasteiger partial charge < -0.3 is 17.2 Å². The fourth-order valence-electron chi connectivity index (χ4n) is 3.31. The van der Waals surface area contributed by atoms with Crippen molar-refractivity contribution in [1.82, 2.24) is 4.90 Å². The van der Waals surface area contributed by atoms with Crippen molar-refractivity contribution < 1.29 is 0 Å². The summed E-state index contributed by atoms with van der Waals surface area (Å²) in [4.78, 5) is 2.34. The lowest BCUT2D eigenvalue weighted by Gasteiger charge is -2.25. The van der Waals surface area contributed by atoms with E-state index in [1.165, 1.54) is 11.1 Å². The molecule has 3 aromatic carbocycles. The van der Waals surface area contributed by atoms with Gasteiger partial charge in [-0.2, -0.15) is 0 Å². The molecule has 4 heteroatoms. The molecule has 0 aromatic heterocycles.